The van der Waals surface area contributed by atoms with Crippen molar-refractivity contribution >= 4 is 29.3 Å². The van der Waals surface area contributed by atoms with E-state index in [1.54, 1.807) is 20.1 Å². The summed E-state index contributed by atoms with van der Waals surface area (Å²) in [5.74, 6) is 0.883. The number of amides is 2. The summed E-state index contributed by atoms with van der Waals surface area (Å²) in [6, 6.07) is 14.5. The van der Waals surface area contributed by atoms with Gasteiger partial charge in [-0.1, -0.05) is 19.1 Å². The van der Waals surface area contributed by atoms with Gasteiger partial charge >= 0.3 is 0 Å². The number of nitrogens with one attached hydrogen (secondary N) is 2. The van der Waals surface area contributed by atoms with Crippen molar-refractivity contribution in [2.24, 2.45) is 5.92 Å². The molecule has 0 radical (unpaired) electrons. The molecule has 30 heavy (non-hydrogen) atoms. The predicted molar refractivity (Wildman–Crippen MR) is 121 cm³/mol. The molecular weight excluding hydrogens is 378 g/mol. The number of anilines is 2. The number of carbonyl (C=O) groups is 2. The van der Waals surface area contributed by atoms with Crippen molar-refractivity contribution in [3.05, 3.63) is 60.2 Å². The van der Waals surface area contributed by atoms with Gasteiger partial charge in [0.05, 0.1) is 7.11 Å². The molecule has 1 fully saturated rings. The molecule has 6 nitrogen and oxygen atoms in total. The van der Waals surface area contributed by atoms with Gasteiger partial charge < -0.3 is 20.3 Å². The summed E-state index contributed by atoms with van der Waals surface area (Å²) < 4.78 is 5.11. The lowest BCUT2D eigenvalue weighted by Gasteiger charge is -2.19. The first kappa shape index (κ1) is 21.4. The molecule has 2 atom stereocenters. The summed E-state index contributed by atoms with van der Waals surface area (Å²) in [6.45, 7) is 6.06. The van der Waals surface area contributed by atoms with Gasteiger partial charge in [-0.05, 0) is 67.3 Å². The number of ether oxygens (including phenoxy) is 1. The molecule has 0 spiro atoms. The van der Waals surface area contributed by atoms with Crippen molar-refractivity contribution in [3.8, 4) is 5.75 Å². The molecule has 0 bridgehead atoms. The fourth-order valence-corrected chi connectivity index (χ4v) is 3.39. The van der Waals surface area contributed by atoms with Crippen LogP contribution in [0.15, 0.2) is 54.6 Å². The topological polar surface area (TPSA) is 70.7 Å². The highest BCUT2D eigenvalue weighted by molar-refractivity contribution is 5.99. The Labute approximate surface area is 177 Å². The molecule has 2 N–H and O–H groups in total. The Bertz CT molecular complexity index is 891. The maximum Gasteiger partial charge on any atom is 0.246 e. The molecule has 1 aliphatic heterocycles. The highest BCUT2D eigenvalue weighted by Crippen LogP contribution is 2.24. The Morgan fingerprint density at radius 3 is 2.43 bits per heavy atom. The smallest absolute Gasteiger partial charge is 0.246 e. The quantitative estimate of drug-likeness (QED) is 0.687. The van der Waals surface area contributed by atoms with Crippen LogP contribution < -0.4 is 20.3 Å². The second-order valence-corrected chi connectivity index (χ2v) is 7.71. The van der Waals surface area contributed by atoms with Crippen LogP contribution in [-0.2, 0) is 9.59 Å². The van der Waals surface area contributed by atoms with Crippen LogP contribution in [0.4, 0.5) is 11.4 Å². The molecule has 158 valence electrons. The molecule has 3 rings (SSSR count). The van der Waals surface area contributed by atoms with Crippen molar-refractivity contribution < 1.29 is 14.3 Å². The number of benzene rings is 2. The first-order valence-corrected chi connectivity index (χ1v) is 10.2. The number of nitrogens with zero attached hydrogens (tertiary/aromatic N) is 1. The third kappa shape index (κ3) is 5.86. The van der Waals surface area contributed by atoms with Crippen molar-refractivity contribution in [1.29, 1.82) is 0 Å². The molecule has 2 amide bonds. The monoisotopic (exact) mass is 407 g/mol. The number of carbonyl (C=O) groups excluding carboxylic acids is 2. The molecule has 0 saturated carbocycles. The largest absolute Gasteiger partial charge is 0.497 e. The van der Waals surface area contributed by atoms with Gasteiger partial charge in [0.2, 0.25) is 11.8 Å². The minimum atomic E-state index is -0.655. The highest BCUT2D eigenvalue weighted by atomic mass is 16.5. The average molecular weight is 408 g/mol. The lowest BCUT2D eigenvalue weighted by molar-refractivity contribution is -0.123. The van der Waals surface area contributed by atoms with Gasteiger partial charge in [-0.25, -0.2) is 0 Å². The summed E-state index contributed by atoms with van der Waals surface area (Å²) in [6.07, 6.45) is 4.32. The second-order valence-electron chi connectivity index (χ2n) is 7.71. The van der Waals surface area contributed by atoms with E-state index in [9.17, 15) is 9.59 Å². The van der Waals surface area contributed by atoms with Crippen LogP contribution in [0.3, 0.4) is 0 Å². The van der Waals surface area contributed by atoms with E-state index in [-0.39, 0.29) is 11.8 Å². The zero-order chi connectivity index (χ0) is 21.5. The van der Waals surface area contributed by atoms with E-state index >= 15 is 0 Å². The van der Waals surface area contributed by atoms with Crippen LogP contribution in [0, 0.1) is 5.92 Å². The lowest BCUT2D eigenvalue weighted by Crippen LogP contribution is -2.40. The molecule has 6 heteroatoms. The van der Waals surface area contributed by atoms with Crippen LogP contribution in [0.25, 0.3) is 6.08 Å². The van der Waals surface area contributed by atoms with Crippen molar-refractivity contribution in [2.45, 2.75) is 26.3 Å². The van der Waals surface area contributed by atoms with Gasteiger partial charge in [-0.3, -0.25) is 9.59 Å². The molecule has 1 saturated heterocycles. The molecule has 2 unspecified atom stereocenters. The summed E-state index contributed by atoms with van der Waals surface area (Å²) in [5.41, 5.74) is 2.75. The predicted octanol–water partition coefficient (Wildman–Crippen LogP) is 3.70. The second kappa shape index (κ2) is 9.96. The average Bonchev–Trinajstić information content (AvgIpc) is 3.19. The fraction of sp³-hybridized carbons (Fsp3) is 0.333. The maximum absolute atomic E-state index is 12.4. The van der Waals surface area contributed by atoms with E-state index < -0.39 is 6.04 Å². The van der Waals surface area contributed by atoms with Crippen LogP contribution in [0.5, 0.6) is 5.75 Å². The Morgan fingerprint density at radius 2 is 1.83 bits per heavy atom. The third-order valence-corrected chi connectivity index (χ3v) is 5.22. The van der Waals surface area contributed by atoms with Gasteiger partial charge in [0.25, 0.3) is 0 Å². The van der Waals surface area contributed by atoms with Gasteiger partial charge in [0, 0.05) is 30.5 Å². The van der Waals surface area contributed by atoms with Crippen LogP contribution in [-0.4, -0.2) is 38.1 Å². The first-order valence-electron chi connectivity index (χ1n) is 10.2. The highest BCUT2D eigenvalue weighted by Gasteiger charge is 2.19. The van der Waals surface area contributed by atoms with Gasteiger partial charge in [-0.2, -0.15) is 0 Å². The number of rotatable bonds is 7. The lowest BCUT2D eigenvalue weighted by atomic mass is 10.2. The number of methoxy groups -OCH3 is 1. The maximum atomic E-state index is 12.4. The van der Waals surface area contributed by atoms with Crippen LogP contribution >= 0.6 is 0 Å². The van der Waals surface area contributed by atoms with Crippen LogP contribution in [0.2, 0.25) is 0 Å². The Hall–Kier alpha value is -3.28. The Kier molecular flexibility index (Phi) is 7.12. The molecule has 2 aromatic rings. The zero-order valence-corrected chi connectivity index (χ0v) is 17.7. The van der Waals surface area contributed by atoms with E-state index in [1.807, 2.05) is 48.5 Å². The standard InChI is InChI=1S/C24H29N3O3/c1-17-14-15-27(16-17)21-9-7-20(8-10-21)26-24(29)18(2)25-23(28)13-6-19-4-11-22(30-3)12-5-19/h4-13,17-18H,14-16H2,1-3H3,(H,25,28)(H,26,29)/b13-6+. The Balaban J connectivity index is 1.48. The van der Waals surface area contributed by atoms with E-state index in [1.165, 1.54) is 18.2 Å². The van der Waals surface area contributed by atoms with Gasteiger partial charge in [0.15, 0.2) is 0 Å². The molecule has 0 aromatic heterocycles. The minimum Gasteiger partial charge on any atom is -0.497 e. The zero-order valence-electron chi connectivity index (χ0n) is 17.7. The van der Waals surface area contributed by atoms with Gasteiger partial charge in [0.1, 0.15) is 11.8 Å². The fourth-order valence-electron chi connectivity index (χ4n) is 3.39. The van der Waals surface area contributed by atoms with E-state index in [4.69, 9.17) is 4.74 Å². The van der Waals surface area contributed by atoms with E-state index in [2.05, 4.69) is 22.5 Å². The molecule has 1 heterocycles. The van der Waals surface area contributed by atoms with Crippen molar-refractivity contribution in [2.75, 3.05) is 30.4 Å². The minimum absolute atomic E-state index is 0.260. The molecule has 1 aliphatic rings. The summed E-state index contributed by atoms with van der Waals surface area (Å²) in [5, 5.41) is 5.53. The molecular formula is C24H29N3O3. The van der Waals surface area contributed by atoms with Crippen molar-refractivity contribution in [3.63, 3.8) is 0 Å². The third-order valence-electron chi connectivity index (χ3n) is 5.22. The SMILES string of the molecule is COc1ccc(/C=C/C(=O)NC(C)C(=O)Nc2ccc(N3CCC(C)C3)cc2)cc1. The molecule has 2 aromatic carbocycles. The Morgan fingerprint density at radius 1 is 1.13 bits per heavy atom. The molecule has 0 aliphatic carbocycles. The van der Waals surface area contributed by atoms with Crippen molar-refractivity contribution in [1.82, 2.24) is 5.32 Å². The van der Waals surface area contributed by atoms with Crippen LogP contribution in [0.1, 0.15) is 25.8 Å². The number of hydrogen-bond acceptors (Lipinski definition) is 4. The summed E-state index contributed by atoms with van der Waals surface area (Å²) in [7, 11) is 1.60. The normalized spacial score (nSPS) is 17.0. The van der Waals surface area contributed by atoms with E-state index in [0.29, 0.717) is 11.6 Å². The summed E-state index contributed by atoms with van der Waals surface area (Å²) >= 11 is 0. The summed E-state index contributed by atoms with van der Waals surface area (Å²) in [4.78, 5) is 26.9. The number of hydrogen-bond donors (Lipinski definition) is 2. The van der Waals surface area contributed by atoms with Gasteiger partial charge in [-0.15, -0.1) is 0 Å². The van der Waals surface area contributed by atoms with E-state index in [0.717, 1.165) is 24.4 Å². The first-order chi connectivity index (χ1) is 14.4.